The Morgan fingerprint density at radius 2 is 1.65 bits per heavy atom. The van der Waals surface area contributed by atoms with Crippen LogP contribution in [0.4, 0.5) is 0 Å². The van der Waals surface area contributed by atoms with Crippen molar-refractivity contribution in [3.8, 4) is 0 Å². The molecule has 1 N–H and O–H groups in total. The predicted octanol–water partition coefficient (Wildman–Crippen LogP) is 4.71. The van der Waals surface area contributed by atoms with Crippen LogP contribution in [0.3, 0.4) is 0 Å². The lowest BCUT2D eigenvalue weighted by Gasteiger charge is -2.09. The summed E-state index contributed by atoms with van der Waals surface area (Å²) in [6, 6.07) is 16.9. The van der Waals surface area contributed by atoms with E-state index in [1.807, 2.05) is 12.1 Å². The number of aromatic nitrogens is 1. The minimum absolute atomic E-state index is 0.201. The Kier molecular flexibility index (Phi) is 5.61. The summed E-state index contributed by atoms with van der Waals surface area (Å²) < 4.78 is 31.3. The molecule has 2 aromatic heterocycles. The van der Waals surface area contributed by atoms with Crippen LogP contribution in [0.25, 0.3) is 11.0 Å². The second-order valence-electron chi connectivity index (χ2n) is 7.58. The van der Waals surface area contributed by atoms with Crippen LogP contribution in [0, 0.1) is 0 Å². The number of amides is 1. The molecule has 0 aliphatic carbocycles. The van der Waals surface area contributed by atoms with E-state index in [1.165, 1.54) is 0 Å². The summed E-state index contributed by atoms with van der Waals surface area (Å²) in [6.07, 6.45) is 3.19. The minimum atomic E-state index is -3.60. The molecule has 31 heavy (non-hydrogen) atoms. The van der Waals surface area contributed by atoms with E-state index in [1.54, 1.807) is 60.9 Å². The van der Waals surface area contributed by atoms with Gasteiger partial charge in [-0.3, -0.25) is 9.78 Å². The normalized spacial score (nSPS) is 11.7. The topological polar surface area (TPSA) is 89.3 Å². The summed E-state index contributed by atoms with van der Waals surface area (Å²) in [5.41, 5.74) is 2.41. The number of hydrogen-bond acceptors (Lipinski definition) is 5. The highest BCUT2D eigenvalue weighted by atomic mass is 32.2. The molecule has 0 atom stereocenters. The van der Waals surface area contributed by atoms with Crippen LogP contribution in [0.15, 0.2) is 87.3 Å². The first-order chi connectivity index (χ1) is 14.8. The third kappa shape index (κ3) is 4.36. The van der Waals surface area contributed by atoms with Crippen molar-refractivity contribution >= 4 is 26.7 Å². The maximum Gasteiger partial charge on any atom is 0.287 e. The van der Waals surface area contributed by atoms with Gasteiger partial charge in [-0.15, -0.1) is 0 Å². The summed E-state index contributed by atoms with van der Waals surface area (Å²) in [4.78, 5) is 16.8. The van der Waals surface area contributed by atoms with Crippen LogP contribution in [0.5, 0.6) is 0 Å². The summed E-state index contributed by atoms with van der Waals surface area (Å²) in [5, 5.41) is 3.58. The lowest BCUT2D eigenvalue weighted by molar-refractivity contribution is 0.0925. The molecule has 0 spiro atoms. The fourth-order valence-electron chi connectivity index (χ4n) is 3.22. The number of fused-ring (bicyclic) bond motifs is 1. The van der Waals surface area contributed by atoms with E-state index < -0.39 is 9.84 Å². The van der Waals surface area contributed by atoms with Gasteiger partial charge in [0.05, 0.1) is 16.0 Å². The van der Waals surface area contributed by atoms with Crippen LogP contribution >= 0.6 is 0 Å². The number of furan rings is 1. The number of benzene rings is 2. The number of carbonyl (C=O) groups is 1. The van der Waals surface area contributed by atoms with E-state index in [4.69, 9.17) is 4.42 Å². The Balaban J connectivity index is 1.44. The minimum Gasteiger partial charge on any atom is -0.449 e. The number of sulfone groups is 1. The number of pyridine rings is 1. The van der Waals surface area contributed by atoms with Gasteiger partial charge in [-0.2, -0.15) is 0 Å². The molecule has 4 aromatic rings. The lowest BCUT2D eigenvalue weighted by Crippen LogP contribution is -2.22. The number of hydrogen-bond donors (Lipinski definition) is 1. The first kappa shape index (κ1) is 20.8. The van der Waals surface area contributed by atoms with Crippen molar-refractivity contribution in [2.75, 3.05) is 0 Å². The number of nitrogens with zero attached hydrogens (tertiary/aromatic N) is 1. The van der Waals surface area contributed by atoms with Gasteiger partial charge in [0.1, 0.15) is 0 Å². The first-order valence-electron chi connectivity index (χ1n) is 9.90. The second kappa shape index (κ2) is 8.35. The SMILES string of the molecule is CC(C)c1ccc(S(=O)(=O)c2ccc(CNC(=O)c3cc4ccncc4o3)cc2)cc1. The van der Waals surface area contributed by atoms with Gasteiger partial charge in [-0.1, -0.05) is 38.1 Å². The largest absolute Gasteiger partial charge is 0.449 e. The second-order valence-corrected chi connectivity index (χ2v) is 9.53. The monoisotopic (exact) mass is 434 g/mol. The molecule has 0 bridgehead atoms. The maximum atomic E-state index is 12.9. The van der Waals surface area contributed by atoms with E-state index in [9.17, 15) is 13.2 Å². The van der Waals surface area contributed by atoms with Crippen molar-refractivity contribution in [1.29, 1.82) is 0 Å². The van der Waals surface area contributed by atoms with E-state index in [0.717, 1.165) is 16.5 Å². The lowest BCUT2D eigenvalue weighted by atomic mass is 10.0. The molecule has 2 aromatic carbocycles. The van der Waals surface area contributed by atoms with Crippen molar-refractivity contribution in [3.05, 3.63) is 89.9 Å². The zero-order chi connectivity index (χ0) is 22.0. The Labute approximate surface area is 180 Å². The third-order valence-electron chi connectivity index (χ3n) is 5.09. The van der Waals surface area contributed by atoms with Gasteiger partial charge in [-0.05, 0) is 53.4 Å². The molecule has 6 nitrogen and oxygen atoms in total. The van der Waals surface area contributed by atoms with Crippen molar-refractivity contribution in [2.24, 2.45) is 0 Å². The van der Waals surface area contributed by atoms with Gasteiger partial charge >= 0.3 is 0 Å². The zero-order valence-electron chi connectivity index (χ0n) is 17.2. The highest BCUT2D eigenvalue weighted by Crippen LogP contribution is 2.24. The smallest absolute Gasteiger partial charge is 0.287 e. The van der Waals surface area contributed by atoms with E-state index in [0.29, 0.717) is 11.5 Å². The van der Waals surface area contributed by atoms with Gasteiger partial charge in [-0.25, -0.2) is 8.42 Å². The molecule has 158 valence electrons. The molecular formula is C24H22N2O4S. The van der Waals surface area contributed by atoms with E-state index >= 15 is 0 Å². The van der Waals surface area contributed by atoms with Crippen LogP contribution in [-0.2, 0) is 16.4 Å². The maximum absolute atomic E-state index is 12.9. The molecule has 0 saturated carbocycles. The van der Waals surface area contributed by atoms with Crippen molar-refractivity contribution in [3.63, 3.8) is 0 Å². The van der Waals surface area contributed by atoms with E-state index in [2.05, 4.69) is 24.1 Å². The van der Waals surface area contributed by atoms with Gasteiger partial charge in [0, 0.05) is 18.1 Å². The van der Waals surface area contributed by atoms with Gasteiger partial charge < -0.3 is 9.73 Å². The molecule has 7 heteroatoms. The molecule has 0 fully saturated rings. The van der Waals surface area contributed by atoms with E-state index in [-0.39, 0.29) is 28.0 Å². The third-order valence-corrected chi connectivity index (χ3v) is 6.88. The average Bonchev–Trinajstić information content (AvgIpc) is 3.22. The van der Waals surface area contributed by atoms with Crippen LogP contribution in [0.1, 0.15) is 41.4 Å². The fraction of sp³-hybridized carbons (Fsp3) is 0.167. The zero-order valence-corrected chi connectivity index (χ0v) is 18.0. The molecule has 1 amide bonds. The highest BCUT2D eigenvalue weighted by Gasteiger charge is 2.18. The van der Waals surface area contributed by atoms with Gasteiger partial charge in [0.2, 0.25) is 9.84 Å². The average molecular weight is 435 g/mol. The summed E-state index contributed by atoms with van der Waals surface area (Å²) in [7, 11) is -3.60. The van der Waals surface area contributed by atoms with Crippen LogP contribution in [-0.4, -0.2) is 19.3 Å². The first-order valence-corrected chi connectivity index (χ1v) is 11.4. The standard InChI is InChI=1S/C24H22N2O4S/c1-16(2)18-5-9-21(10-6-18)31(28,29)20-7-3-17(4-8-20)14-26-24(27)22-13-19-11-12-25-15-23(19)30-22/h3-13,15-16H,14H2,1-2H3,(H,26,27). The summed E-state index contributed by atoms with van der Waals surface area (Å²) in [6.45, 7) is 4.37. The molecule has 0 aliphatic heterocycles. The van der Waals surface area contributed by atoms with Crippen molar-refractivity contribution in [2.45, 2.75) is 36.1 Å². The Morgan fingerprint density at radius 3 is 2.26 bits per heavy atom. The Hall–Kier alpha value is -3.45. The fourth-order valence-corrected chi connectivity index (χ4v) is 4.48. The van der Waals surface area contributed by atoms with Crippen molar-refractivity contribution in [1.82, 2.24) is 10.3 Å². The molecule has 4 rings (SSSR count). The predicted molar refractivity (Wildman–Crippen MR) is 118 cm³/mol. The molecule has 2 heterocycles. The Morgan fingerprint density at radius 1 is 1.00 bits per heavy atom. The van der Waals surface area contributed by atoms with Crippen molar-refractivity contribution < 1.29 is 17.6 Å². The van der Waals surface area contributed by atoms with Crippen LogP contribution < -0.4 is 5.32 Å². The molecular weight excluding hydrogens is 412 g/mol. The van der Waals surface area contributed by atoms with Crippen LogP contribution in [0.2, 0.25) is 0 Å². The molecule has 0 radical (unpaired) electrons. The van der Waals surface area contributed by atoms with Gasteiger partial charge in [0.15, 0.2) is 11.3 Å². The number of rotatable bonds is 6. The Bertz CT molecular complexity index is 1290. The highest BCUT2D eigenvalue weighted by molar-refractivity contribution is 7.91. The van der Waals surface area contributed by atoms with Gasteiger partial charge in [0.25, 0.3) is 5.91 Å². The number of nitrogens with one attached hydrogen (secondary N) is 1. The summed E-state index contributed by atoms with van der Waals surface area (Å²) in [5.74, 6) is 0.188. The molecule has 0 saturated heterocycles. The summed E-state index contributed by atoms with van der Waals surface area (Å²) >= 11 is 0. The molecule has 0 unspecified atom stereocenters. The quantitative estimate of drug-likeness (QED) is 0.475. The molecule has 0 aliphatic rings. The number of carbonyl (C=O) groups excluding carboxylic acids is 1.